The molecule has 6 heteroatoms. The number of rotatable bonds is 5. The van der Waals surface area contributed by atoms with Gasteiger partial charge in [-0.05, 0) is 40.2 Å². The lowest BCUT2D eigenvalue weighted by Crippen LogP contribution is -2.45. The Morgan fingerprint density at radius 2 is 2.10 bits per heavy atom. The SMILES string of the molecule is CN(CCC#N)C(=O)CN1CCC[C@H]1C(=O)OC(C)(C)C. The van der Waals surface area contributed by atoms with Crippen LogP contribution in [0.15, 0.2) is 0 Å². The molecule has 1 rings (SSSR count). The second-order valence-corrected chi connectivity index (χ2v) is 6.39. The molecule has 0 N–H and O–H groups in total. The summed E-state index contributed by atoms with van der Waals surface area (Å²) in [6.45, 7) is 6.86. The van der Waals surface area contributed by atoms with E-state index in [1.54, 1.807) is 7.05 Å². The van der Waals surface area contributed by atoms with Gasteiger partial charge in [-0.25, -0.2) is 0 Å². The molecular weight excluding hydrogens is 270 g/mol. The lowest BCUT2D eigenvalue weighted by Gasteiger charge is -2.28. The molecule has 1 aliphatic heterocycles. The zero-order valence-electron chi connectivity index (χ0n) is 13.4. The van der Waals surface area contributed by atoms with Crippen LogP contribution in [0.1, 0.15) is 40.0 Å². The average molecular weight is 295 g/mol. The first-order chi connectivity index (χ1) is 9.74. The van der Waals surface area contributed by atoms with Crippen molar-refractivity contribution >= 4 is 11.9 Å². The number of likely N-dealkylation sites (N-methyl/N-ethyl adjacent to an activating group) is 1. The van der Waals surface area contributed by atoms with Crippen LogP contribution in [0.25, 0.3) is 0 Å². The van der Waals surface area contributed by atoms with Crippen LogP contribution in [-0.2, 0) is 14.3 Å². The molecule has 0 bridgehead atoms. The molecule has 21 heavy (non-hydrogen) atoms. The molecule has 0 unspecified atom stereocenters. The lowest BCUT2D eigenvalue weighted by atomic mass is 10.1. The van der Waals surface area contributed by atoms with Crippen molar-refractivity contribution < 1.29 is 14.3 Å². The van der Waals surface area contributed by atoms with Crippen LogP contribution in [0, 0.1) is 11.3 Å². The summed E-state index contributed by atoms with van der Waals surface area (Å²) in [5.74, 6) is -0.326. The normalized spacial score (nSPS) is 19.1. The van der Waals surface area contributed by atoms with Gasteiger partial charge in [0.15, 0.2) is 0 Å². The maximum atomic E-state index is 12.2. The Bertz CT molecular complexity index is 423. The van der Waals surface area contributed by atoms with Crippen LogP contribution in [0.5, 0.6) is 0 Å². The summed E-state index contributed by atoms with van der Waals surface area (Å²) >= 11 is 0. The van der Waals surface area contributed by atoms with E-state index < -0.39 is 5.60 Å². The number of likely N-dealkylation sites (tertiary alicyclic amines) is 1. The monoisotopic (exact) mass is 295 g/mol. The first-order valence-corrected chi connectivity index (χ1v) is 7.32. The number of hydrogen-bond acceptors (Lipinski definition) is 5. The van der Waals surface area contributed by atoms with Crippen LogP contribution in [0.4, 0.5) is 0 Å². The number of nitrogens with zero attached hydrogens (tertiary/aromatic N) is 3. The number of carbonyl (C=O) groups is 2. The van der Waals surface area contributed by atoms with E-state index in [1.807, 2.05) is 31.7 Å². The molecule has 1 heterocycles. The van der Waals surface area contributed by atoms with Gasteiger partial charge in [-0.1, -0.05) is 0 Å². The molecule has 1 aliphatic rings. The minimum atomic E-state index is -0.515. The molecule has 1 amide bonds. The first-order valence-electron chi connectivity index (χ1n) is 7.32. The molecule has 1 atom stereocenters. The van der Waals surface area contributed by atoms with Crippen molar-refractivity contribution in [3.05, 3.63) is 0 Å². The molecule has 1 fully saturated rings. The van der Waals surface area contributed by atoms with E-state index in [-0.39, 0.29) is 24.5 Å². The van der Waals surface area contributed by atoms with Gasteiger partial charge in [-0.15, -0.1) is 0 Å². The summed E-state index contributed by atoms with van der Waals surface area (Å²) in [4.78, 5) is 27.7. The third kappa shape index (κ3) is 5.72. The number of ether oxygens (including phenoxy) is 1. The van der Waals surface area contributed by atoms with Gasteiger partial charge >= 0.3 is 5.97 Å². The molecule has 0 radical (unpaired) electrons. The van der Waals surface area contributed by atoms with Crippen LogP contribution < -0.4 is 0 Å². The Hall–Kier alpha value is -1.61. The second-order valence-electron chi connectivity index (χ2n) is 6.39. The third-order valence-corrected chi connectivity index (χ3v) is 3.37. The molecule has 0 aliphatic carbocycles. The molecule has 118 valence electrons. The maximum absolute atomic E-state index is 12.2. The Morgan fingerprint density at radius 1 is 1.43 bits per heavy atom. The van der Waals surface area contributed by atoms with Crippen LogP contribution in [0.3, 0.4) is 0 Å². The lowest BCUT2D eigenvalue weighted by molar-refractivity contribution is -0.160. The molecule has 6 nitrogen and oxygen atoms in total. The molecule has 0 aromatic rings. The fourth-order valence-corrected chi connectivity index (χ4v) is 2.29. The van der Waals surface area contributed by atoms with Crippen molar-refractivity contribution in [3.8, 4) is 6.07 Å². The minimum Gasteiger partial charge on any atom is -0.459 e. The summed E-state index contributed by atoms with van der Waals surface area (Å²) in [5, 5.41) is 8.54. The second kappa shape index (κ2) is 7.41. The van der Waals surface area contributed by atoms with E-state index in [4.69, 9.17) is 10.00 Å². The highest BCUT2D eigenvalue weighted by Gasteiger charge is 2.35. The van der Waals surface area contributed by atoms with Crippen molar-refractivity contribution in [3.63, 3.8) is 0 Å². The topological polar surface area (TPSA) is 73.6 Å². The summed E-state index contributed by atoms with van der Waals surface area (Å²) < 4.78 is 5.41. The maximum Gasteiger partial charge on any atom is 0.323 e. The van der Waals surface area contributed by atoms with Gasteiger partial charge in [0.2, 0.25) is 5.91 Å². The number of carbonyl (C=O) groups excluding carboxylic acids is 2. The standard InChI is InChI=1S/C15H25N3O3/c1-15(2,3)21-14(20)12-7-5-10-18(12)11-13(19)17(4)9-6-8-16/h12H,5-7,9-11H2,1-4H3/t12-/m0/s1. The largest absolute Gasteiger partial charge is 0.459 e. The average Bonchev–Trinajstić information content (AvgIpc) is 2.81. The Labute approximate surface area is 126 Å². The van der Waals surface area contributed by atoms with E-state index in [0.717, 1.165) is 19.4 Å². The van der Waals surface area contributed by atoms with Gasteiger partial charge in [-0.2, -0.15) is 5.26 Å². The summed E-state index contributed by atoms with van der Waals surface area (Å²) in [7, 11) is 1.68. The fraction of sp³-hybridized carbons (Fsp3) is 0.800. The summed E-state index contributed by atoms with van der Waals surface area (Å²) in [5.41, 5.74) is -0.515. The van der Waals surface area contributed by atoms with E-state index in [0.29, 0.717) is 13.0 Å². The van der Waals surface area contributed by atoms with Crippen molar-refractivity contribution in [1.82, 2.24) is 9.80 Å². The summed E-state index contributed by atoms with van der Waals surface area (Å²) in [6, 6.07) is 1.68. The van der Waals surface area contributed by atoms with E-state index in [2.05, 4.69) is 0 Å². The molecule has 0 aromatic heterocycles. The predicted octanol–water partition coefficient (Wildman–Crippen LogP) is 1.16. The highest BCUT2D eigenvalue weighted by molar-refractivity contribution is 5.81. The quantitative estimate of drug-likeness (QED) is 0.712. The number of hydrogen-bond donors (Lipinski definition) is 0. The minimum absolute atomic E-state index is 0.0688. The van der Waals surface area contributed by atoms with E-state index in [9.17, 15) is 9.59 Å². The zero-order valence-corrected chi connectivity index (χ0v) is 13.4. The van der Waals surface area contributed by atoms with Crippen LogP contribution >= 0.6 is 0 Å². The number of amides is 1. The number of esters is 1. The zero-order chi connectivity index (χ0) is 16.0. The van der Waals surface area contributed by atoms with Gasteiger partial charge < -0.3 is 9.64 Å². The highest BCUT2D eigenvalue weighted by atomic mass is 16.6. The third-order valence-electron chi connectivity index (χ3n) is 3.37. The van der Waals surface area contributed by atoms with Gasteiger partial charge in [0, 0.05) is 13.6 Å². The van der Waals surface area contributed by atoms with Crippen molar-refractivity contribution in [1.29, 1.82) is 5.26 Å². The van der Waals surface area contributed by atoms with Crippen molar-refractivity contribution in [2.24, 2.45) is 0 Å². The highest BCUT2D eigenvalue weighted by Crippen LogP contribution is 2.21. The predicted molar refractivity (Wildman–Crippen MR) is 78.3 cm³/mol. The van der Waals surface area contributed by atoms with Crippen molar-refractivity contribution in [2.45, 2.75) is 51.7 Å². The van der Waals surface area contributed by atoms with Gasteiger partial charge in [0.25, 0.3) is 0 Å². The van der Waals surface area contributed by atoms with E-state index in [1.165, 1.54) is 4.90 Å². The van der Waals surface area contributed by atoms with Gasteiger partial charge in [-0.3, -0.25) is 14.5 Å². The molecular formula is C15H25N3O3. The summed E-state index contributed by atoms with van der Waals surface area (Å²) in [6.07, 6.45) is 1.93. The molecule has 0 aromatic carbocycles. The molecule has 0 saturated carbocycles. The van der Waals surface area contributed by atoms with Crippen LogP contribution in [-0.4, -0.2) is 60.0 Å². The first kappa shape index (κ1) is 17.4. The Balaban J connectivity index is 2.56. The molecule has 0 spiro atoms. The smallest absolute Gasteiger partial charge is 0.323 e. The van der Waals surface area contributed by atoms with Gasteiger partial charge in [0.05, 0.1) is 19.0 Å². The Morgan fingerprint density at radius 3 is 2.67 bits per heavy atom. The van der Waals surface area contributed by atoms with Gasteiger partial charge in [0.1, 0.15) is 11.6 Å². The molecule has 1 saturated heterocycles. The fourth-order valence-electron chi connectivity index (χ4n) is 2.29. The Kier molecular flexibility index (Phi) is 6.16. The van der Waals surface area contributed by atoms with Crippen molar-refractivity contribution in [2.75, 3.05) is 26.7 Å². The van der Waals surface area contributed by atoms with E-state index >= 15 is 0 Å². The number of nitriles is 1. The van der Waals surface area contributed by atoms with Crippen LogP contribution in [0.2, 0.25) is 0 Å².